The second-order valence-electron chi connectivity index (χ2n) is 6.89. The van der Waals surface area contributed by atoms with Gasteiger partial charge in [-0.15, -0.1) is 0 Å². The van der Waals surface area contributed by atoms with Gasteiger partial charge >= 0.3 is 5.97 Å². The molecule has 0 radical (unpaired) electrons. The molecule has 0 unspecified atom stereocenters. The molecule has 3 aromatic rings. The van der Waals surface area contributed by atoms with Crippen molar-refractivity contribution in [3.8, 4) is 11.5 Å². The maximum Gasteiger partial charge on any atom is 0.337 e. The number of nitrogens with one attached hydrogen (secondary N) is 1. The van der Waals surface area contributed by atoms with Crippen LogP contribution in [0.2, 0.25) is 0 Å². The fourth-order valence-corrected chi connectivity index (χ4v) is 4.26. The Balaban J connectivity index is 1.65. The summed E-state index contributed by atoms with van der Waals surface area (Å²) in [6.07, 6.45) is 0. The van der Waals surface area contributed by atoms with Gasteiger partial charge in [-0.05, 0) is 40.1 Å². The summed E-state index contributed by atoms with van der Waals surface area (Å²) in [6, 6.07) is 18.3. The molecule has 1 atom stereocenters. The first kappa shape index (κ1) is 14.7. The summed E-state index contributed by atoms with van der Waals surface area (Å²) in [5, 5.41) is 5.67. The largest absolute Gasteiger partial charge is 0.456 e. The topological polar surface area (TPSA) is 56.8 Å². The van der Waals surface area contributed by atoms with Crippen LogP contribution in [0, 0.1) is 0 Å². The molecule has 3 aliphatic rings. The van der Waals surface area contributed by atoms with Crippen molar-refractivity contribution < 1.29 is 19.0 Å². The number of ether oxygens (including phenoxy) is 3. The molecule has 132 valence electrons. The molecule has 5 heteroatoms. The molecule has 0 fully saturated rings. The molecule has 6 rings (SSSR count). The Bertz CT molecular complexity index is 1160. The Hall–Kier alpha value is -3.47. The van der Waals surface area contributed by atoms with E-state index in [4.69, 9.17) is 14.2 Å². The second-order valence-corrected chi connectivity index (χ2v) is 6.89. The Morgan fingerprint density at radius 2 is 1.81 bits per heavy atom. The van der Waals surface area contributed by atoms with Crippen molar-refractivity contribution >= 4 is 22.4 Å². The molecule has 0 bridgehead atoms. The SMILES string of the molecule is O=C1OCC2=C1[C@@H](c1ccc3c(c1)OCO3)c1c(ccc3ccccc13)N2. The van der Waals surface area contributed by atoms with Crippen LogP contribution < -0.4 is 14.8 Å². The van der Waals surface area contributed by atoms with E-state index in [9.17, 15) is 4.79 Å². The van der Waals surface area contributed by atoms with E-state index in [1.165, 1.54) is 0 Å². The third-order valence-corrected chi connectivity index (χ3v) is 5.46. The average molecular weight is 357 g/mol. The number of hydrogen-bond acceptors (Lipinski definition) is 5. The predicted octanol–water partition coefficient (Wildman–Crippen LogP) is 3.94. The number of hydrogen-bond donors (Lipinski definition) is 1. The zero-order valence-corrected chi connectivity index (χ0v) is 14.3. The van der Waals surface area contributed by atoms with E-state index in [1.54, 1.807) is 0 Å². The van der Waals surface area contributed by atoms with E-state index in [0.717, 1.165) is 39.0 Å². The van der Waals surface area contributed by atoms with Gasteiger partial charge in [-0.25, -0.2) is 4.79 Å². The average Bonchev–Trinajstić information content (AvgIpc) is 3.32. The van der Waals surface area contributed by atoms with E-state index in [-0.39, 0.29) is 25.3 Å². The minimum absolute atomic E-state index is 0.216. The lowest BCUT2D eigenvalue weighted by molar-refractivity contribution is -0.136. The highest BCUT2D eigenvalue weighted by atomic mass is 16.7. The quantitative estimate of drug-likeness (QED) is 0.669. The predicted molar refractivity (Wildman–Crippen MR) is 100.0 cm³/mol. The standard InChI is InChI=1S/C22H15NO4/c24-22-21-16(10-25-22)23-15-7-5-12-3-1-2-4-14(12)20(15)19(21)13-6-8-17-18(9-13)27-11-26-17/h1-9,19,23H,10-11H2/t19-/m0/s1. The maximum absolute atomic E-state index is 12.6. The van der Waals surface area contributed by atoms with Gasteiger partial charge in [0, 0.05) is 11.6 Å². The fourth-order valence-electron chi connectivity index (χ4n) is 4.26. The Morgan fingerprint density at radius 1 is 0.926 bits per heavy atom. The zero-order valence-electron chi connectivity index (χ0n) is 14.3. The summed E-state index contributed by atoms with van der Waals surface area (Å²) >= 11 is 0. The van der Waals surface area contributed by atoms with Gasteiger partial charge in [0.25, 0.3) is 0 Å². The lowest BCUT2D eigenvalue weighted by Crippen LogP contribution is -2.20. The third kappa shape index (κ3) is 2.02. The first-order chi connectivity index (χ1) is 13.3. The van der Waals surface area contributed by atoms with Crippen molar-refractivity contribution in [2.24, 2.45) is 0 Å². The fraction of sp³-hybridized carbons (Fsp3) is 0.136. The van der Waals surface area contributed by atoms with Gasteiger partial charge in [0.1, 0.15) is 6.61 Å². The maximum atomic E-state index is 12.6. The number of carbonyl (C=O) groups is 1. The summed E-state index contributed by atoms with van der Waals surface area (Å²) < 4.78 is 16.4. The molecule has 0 saturated heterocycles. The lowest BCUT2D eigenvalue weighted by Gasteiger charge is -2.28. The Morgan fingerprint density at radius 3 is 2.78 bits per heavy atom. The molecule has 5 nitrogen and oxygen atoms in total. The van der Waals surface area contributed by atoms with Crippen molar-refractivity contribution in [2.45, 2.75) is 5.92 Å². The highest BCUT2D eigenvalue weighted by Gasteiger charge is 2.39. The molecule has 0 aromatic heterocycles. The first-order valence-electron chi connectivity index (χ1n) is 8.88. The monoisotopic (exact) mass is 357 g/mol. The minimum atomic E-state index is -0.265. The summed E-state index contributed by atoms with van der Waals surface area (Å²) in [5.41, 5.74) is 4.60. The van der Waals surface area contributed by atoms with Crippen LogP contribution in [0.3, 0.4) is 0 Å². The van der Waals surface area contributed by atoms with E-state index in [1.807, 2.05) is 30.3 Å². The smallest absolute Gasteiger partial charge is 0.337 e. The van der Waals surface area contributed by atoms with Gasteiger partial charge in [0.05, 0.1) is 11.3 Å². The molecule has 3 aliphatic heterocycles. The molecule has 1 N–H and O–H groups in total. The van der Waals surface area contributed by atoms with Crippen LogP contribution in [0.4, 0.5) is 5.69 Å². The summed E-state index contributed by atoms with van der Waals surface area (Å²) in [4.78, 5) is 12.6. The summed E-state index contributed by atoms with van der Waals surface area (Å²) in [6.45, 7) is 0.502. The van der Waals surface area contributed by atoms with Crippen molar-refractivity contribution in [1.29, 1.82) is 0 Å². The van der Waals surface area contributed by atoms with E-state index < -0.39 is 0 Å². The van der Waals surface area contributed by atoms with Gasteiger partial charge in [0.2, 0.25) is 6.79 Å². The van der Waals surface area contributed by atoms with Gasteiger partial charge in [-0.2, -0.15) is 0 Å². The zero-order chi connectivity index (χ0) is 18.0. The number of anilines is 1. The highest BCUT2D eigenvalue weighted by Crippen LogP contribution is 2.48. The normalized spacial score (nSPS) is 19.6. The lowest BCUT2D eigenvalue weighted by atomic mass is 9.79. The minimum Gasteiger partial charge on any atom is -0.456 e. The van der Waals surface area contributed by atoms with Gasteiger partial charge in [0.15, 0.2) is 11.5 Å². The molecule has 3 aromatic carbocycles. The molecule has 0 spiro atoms. The summed E-state index contributed by atoms with van der Waals surface area (Å²) in [7, 11) is 0. The molecular weight excluding hydrogens is 342 g/mol. The van der Waals surface area contributed by atoms with Crippen LogP contribution >= 0.6 is 0 Å². The van der Waals surface area contributed by atoms with E-state index in [2.05, 4.69) is 29.6 Å². The van der Waals surface area contributed by atoms with Crippen LogP contribution in [0.25, 0.3) is 10.8 Å². The van der Waals surface area contributed by atoms with Crippen LogP contribution in [-0.2, 0) is 9.53 Å². The Labute approximate surface area is 155 Å². The summed E-state index contributed by atoms with van der Waals surface area (Å²) in [5.74, 6) is 0.959. The molecule has 27 heavy (non-hydrogen) atoms. The molecule has 3 heterocycles. The van der Waals surface area contributed by atoms with Gasteiger partial charge in [-0.1, -0.05) is 36.4 Å². The molecular formula is C22H15NO4. The van der Waals surface area contributed by atoms with Gasteiger partial charge < -0.3 is 19.5 Å². The Kier molecular flexibility index (Phi) is 2.86. The van der Waals surface area contributed by atoms with Crippen LogP contribution in [0.15, 0.2) is 65.9 Å². The molecule has 0 amide bonds. The van der Waals surface area contributed by atoms with E-state index >= 15 is 0 Å². The number of rotatable bonds is 1. The number of esters is 1. The molecule has 0 aliphatic carbocycles. The second kappa shape index (κ2) is 5.27. The van der Waals surface area contributed by atoms with Crippen LogP contribution in [-0.4, -0.2) is 19.4 Å². The molecule has 0 saturated carbocycles. The van der Waals surface area contributed by atoms with E-state index in [0.29, 0.717) is 11.3 Å². The van der Waals surface area contributed by atoms with Crippen LogP contribution in [0.5, 0.6) is 11.5 Å². The number of fused-ring (bicyclic) bond motifs is 4. The first-order valence-corrected chi connectivity index (χ1v) is 8.88. The highest BCUT2D eigenvalue weighted by molar-refractivity contribution is 6.01. The number of cyclic esters (lactones) is 1. The van der Waals surface area contributed by atoms with Gasteiger partial charge in [-0.3, -0.25) is 0 Å². The number of carbonyl (C=O) groups excluding carboxylic acids is 1. The number of benzene rings is 3. The van der Waals surface area contributed by atoms with Crippen LogP contribution in [0.1, 0.15) is 17.0 Å². The third-order valence-electron chi connectivity index (χ3n) is 5.46. The van der Waals surface area contributed by atoms with Crippen molar-refractivity contribution in [1.82, 2.24) is 0 Å². The van der Waals surface area contributed by atoms with Crippen molar-refractivity contribution in [3.05, 3.63) is 77.0 Å². The van der Waals surface area contributed by atoms with Crippen molar-refractivity contribution in [3.63, 3.8) is 0 Å². The van der Waals surface area contributed by atoms with Crippen molar-refractivity contribution in [2.75, 3.05) is 18.7 Å².